The summed E-state index contributed by atoms with van der Waals surface area (Å²) >= 11 is 1.26. The lowest BCUT2D eigenvalue weighted by Crippen LogP contribution is -2.44. The van der Waals surface area contributed by atoms with Crippen LogP contribution in [0.4, 0.5) is 14.6 Å². The number of halogens is 2. The smallest absolute Gasteiger partial charge is 0.240 e. The Hall–Kier alpha value is -3.20. The highest BCUT2D eigenvalue weighted by molar-refractivity contribution is 8.00. The van der Waals surface area contributed by atoms with E-state index < -0.39 is 22.3 Å². The molecule has 1 N–H and O–H groups in total. The van der Waals surface area contributed by atoms with E-state index in [1.807, 2.05) is 66.7 Å². The molecule has 0 aliphatic carbocycles. The van der Waals surface area contributed by atoms with Crippen molar-refractivity contribution in [3.05, 3.63) is 76.0 Å². The van der Waals surface area contributed by atoms with E-state index in [4.69, 9.17) is 5.10 Å². The van der Waals surface area contributed by atoms with Gasteiger partial charge in [0.05, 0.1) is 22.4 Å². The van der Waals surface area contributed by atoms with Gasteiger partial charge in [0, 0.05) is 28.7 Å². The molecular formula is C29H34F2N4O2S. The first kappa shape index (κ1) is 27.8. The summed E-state index contributed by atoms with van der Waals surface area (Å²) in [7, 11) is 0. The lowest BCUT2D eigenvalue weighted by atomic mass is 9.87. The Morgan fingerprint density at radius 3 is 2.47 bits per heavy atom. The summed E-state index contributed by atoms with van der Waals surface area (Å²) in [5, 5.41) is 7.25. The zero-order valence-corrected chi connectivity index (χ0v) is 23.7. The van der Waals surface area contributed by atoms with E-state index >= 15 is 4.39 Å². The number of anilines is 1. The number of amides is 2. The van der Waals surface area contributed by atoms with Crippen LogP contribution < -0.4 is 10.2 Å². The number of carbonyl (C=O) groups is 2. The van der Waals surface area contributed by atoms with E-state index in [2.05, 4.69) is 5.32 Å². The number of carbonyl (C=O) groups excluding carboxylic acids is 2. The molecule has 9 heteroatoms. The standard InChI is InChI=1S/C29H34F2N4O2S/c1-16(2)32-23(36)14-34-24(37)15-38-26(20-10-9-19(30)13-21(20)31)25-27(29(5,6)7)33-35(28(25)34)22-11-8-17(3)12-18(22)4/h8-13,16,26H,14-15H2,1-7H3,(H,32,36). The summed E-state index contributed by atoms with van der Waals surface area (Å²) < 4.78 is 30.8. The summed E-state index contributed by atoms with van der Waals surface area (Å²) in [6.07, 6.45) is 0. The van der Waals surface area contributed by atoms with Crippen molar-refractivity contribution in [1.29, 1.82) is 0 Å². The van der Waals surface area contributed by atoms with Gasteiger partial charge >= 0.3 is 0 Å². The second-order valence-corrected chi connectivity index (χ2v) is 12.2. The van der Waals surface area contributed by atoms with Crippen LogP contribution in [0.2, 0.25) is 0 Å². The van der Waals surface area contributed by atoms with Gasteiger partial charge in [-0.25, -0.2) is 13.5 Å². The molecule has 6 nitrogen and oxygen atoms in total. The molecule has 0 fully saturated rings. The summed E-state index contributed by atoms with van der Waals surface area (Å²) in [6, 6.07) is 9.35. The third-order valence-corrected chi connectivity index (χ3v) is 7.61. The van der Waals surface area contributed by atoms with Crippen LogP contribution in [0, 0.1) is 25.5 Å². The highest BCUT2D eigenvalue weighted by atomic mass is 32.2. The summed E-state index contributed by atoms with van der Waals surface area (Å²) in [6.45, 7) is 13.5. The number of benzene rings is 2. The predicted molar refractivity (Wildman–Crippen MR) is 148 cm³/mol. The van der Waals surface area contributed by atoms with Crippen LogP contribution in [0.15, 0.2) is 36.4 Å². The number of nitrogens with one attached hydrogen (secondary N) is 1. The Kier molecular flexibility index (Phi) is 7.70. The quantitative estimate of drug-likeness (QED) is 0.447. The Balaban J connectivity index is 2.06. The van der Waals surface area contributed by atoms with E-state index in [-0.39, 0.29) is 35.7 Å². The van der Waals surface area contributed by atoms with Crippen LogP contribution in [-0.4, -0.2) is 39.9 Å². The van der Waals surface area contributed by atoms with Gasteiger partial charge in [-0.3, -0.25) is 14.5 Å². The normalized spacial score (nSPS) is 16.0. The first-order valence-corrected chi connectivity index (χ1v) is 13.7. The van der Waals surface area contributed by atoms with Gasteiger partial charge in [-0.15, -0.1) is 11.8 Å². The van der Waals surface area contributed by atoms with Crippen LogP contribution >= 0.6 is 11.8 Å². The summed E-state index contributed by atoms with van der Waals surface area (Å²) in [5.74, 6) is -1.50. The van der Waals surface area contributed by atoms with Gasteiger partial charge in [-0.2, -0.15) is 5.10 Å². The topological polar surface area (TPSA) is 67.2 Å². The molecule has 4 rings (SSSR count). The zero-order chi connectivity index (χ0) is 27.9. The average molecular weight is 541 g/mol. The van der Waals surface area contributed by atoms with Crippen molar-refractivity contribution in [2.45, 2.75) is 65.2 Å². The number of aromatic nitrogens is 2. The van der Waals surface area contributed by atoms with Crippen molar-refractivity contribution < 1.29 is 18.4 Å². The van der Waals surface area contributed by atoms with Gasteiger partial charge in [-0.05, 0) is 45.4 Å². The van der Waals surface area contributed by atoms with Crippen molar-refractivity contribution in [2.24, 2.45) is 0 Å². The Bertz CT molecular complexity index is 1390. The second-order valence-electron chi connectivity index (χ2n) is 11.1. The van der Waals surface area contributed by atoms with Crippen molar-refractivity contribution in [3.8, 4) is 5.69 Å². The molecule has 1 atom stereocenters. The number of aryl methyl sites for hydroxylation is 2. The van der Waals surface area contributed by atoms with E-state index in [0.717, 1.165) is 22.9 Å². The van der Waals surface area contributed by atoms with Crippen LogP contribution in [0.5, 0.6) is 0 Å². The number of rotatable bonds is 5. The largest absolute Gasteiger partial charge is 0.352 e. The maximum Gasteiger partial charge on any atom is 0.240 e. The first-order chi connectivity index (χ1) is 17.8. The highest BCUT2D eigenvalue weighted by Gasteiger charge is 2.40. The fourth-order valence-electron chi connectivity index (χ4n) is 4.76. The maximum absolute atomic E-state index is 15.2. The Morgan fingerprint density at radius 1 is 1.16 bits per heavy atom. The molecule has 1 aliphatic heterocycles. The van der Waals surface area contributed by atoms with Crippen LogP contribution in [0.1, 0.15) is 67.8 Å². The number of hydrogen-bond donors (Lipinski definition) is 1. The Morgan fingerprint density at radius 2 is 1.87 bits per heavy atom. The van der Waals surface area contributed by atoms with Crippen molar-refractivity contribution in [2.75, 3.05) is 17.2 Å². The van der Waals surface area contributed by atoms with Crippen LogP contribution in [0.25, 0.3) is 5.69 Å². The minimum atomic E-state index is -0.689. The lowest BCUT2D eigenvalue weighted by Gasteiger charge is -2.25. The third kappa shape index (κ3) is 5.48. The molecule has 0 spiro atoms. The average Bonchev–Trinajstić information content (AvgIpc) is 3.12. The molecule has 0 radical (unpaired) electrons. The second kappa shape index (κ2) is 10.5. The molecule has 2 heterocycles. The first-order valence-electron chi connectivity index (χ1n) is 12.6. The van der Waals surface area contributed by atoms with Crippen molar-refractivity contribution in [1.82, 2.24) is 15.1 Å². The third-order valence-electron chi connectivity index (χ3n) is 6.38. The molecular weight excluding hydrogens is 506 g/mol. The monoisotopic (exact) mass is 540 g/mol. The molecule has 1 unspecified atom stereocenters. The SMILES string of the molecule is Cc1ccc(-n2nc(C(C)(C)C)c3c2N(CC(=O)NC(C)C)C(=O)CSC3c2ccc(F)cc2F)c(C)c1. The molecule has 38 heavy (non-hydrogen) atoms. The van der Waals surface area contributed by atoms with Crippen molar-refractivity contribution >= 4 is 29.4 Å². The van der Waals surface area contributed by atoms with Crippen LogP contribution in [-0.2, 0) is 15.0 Å². The van der Waals surface area contributed by atoms with Crippen LogP contribution in [0.3, 0.4) is 0 Å². The molecule has 3 aromatic rings. The summed E-state index contributed by atoms with van der Waals surface area (Å²) in [5.41, 5.74) is 3.89. The van der Waals surface area contributed by atoms with Gasteiger partial charge < -0.3 is 5.32 Å². The predicted octanol–water partition coefficient (Wildman–Crippen LogP) is 5.76. The minimum absolute atomic E-state index is 0.0155. The molecule has 202 valence electrons. The van der Waals surface area contributed by atoms with E-state index in [0.29, 0.717) is 17.1 Å². The number of hydrogen-bond acceptors (Lipinski definition) is 4. The fourth-order valence-corrected chi connectivity index (χ4v) is 5.97. The molecule has 0 saturated heterocycles. The van der Waals surface area contributed by atoms with Gasteiger partial charge in [0.25, 0.3) is 0 Å². The molecule has 1 aromatic heterocycles. The van der Waals surface area contributed by atoms with Crippen molar-refractivity contribution in [3.63, 3.8) is 0 Å². The lowest BCUT2D eigenvalue weighted by molar-refractivity contribution is -0.123. The molecule has 1 aliphatic rings. The molecule has 2 amide bonds. The molecule has 2 aromatic carbocycles. The summed E-state index contributed by atoms with van der Waals surface area (Å²) in [4.78, 5) is 28.0. The van der Waals surface area contributed by atoms with E-state index in [1.165, 1.54) is 28.8 Å². The fraction of sp³-hybridized carbons (Fsp3) is 0.414. The highest BCUT2D eigenvalue weighted by Crippen LogP contribution is 2.49. The van der Waals surface area contributed by atoms with Gasteiger partial charge in [0.15, 0.2) is 0 Å². The Labute approximate surface area is 226 Å². The van der Waals surface area contributed by atoms with Gasteiger partial charge in [0.1, 0.15) is 24.0 Å². The number of thioether (sulfide) groups is 1. The van der Waals surface area contributed by atoms with Gasteiger partial charge in [-0.1, -0.05) is 44.5 Å². The number of fused-ring (bicyclic) bond motifs is 1. The van der Waals surface area contributed by atoms with E-state index in [1.54, 1.807) is 4.68 Å². The molecule has 0 bridgehead atoms. The zero-order valence-electron chi connectivity index (χ0n) is 22.9. The maximum atomic E-state index is 15.2. The number of nitrogens with zero attached hydrogens (tertiary/aromatic N) is 3. The van der Waals surface area contributed by atoms with E-state index in [9.17, 15) is 14.0 Å². The molecule has 0 saturated carbocycles. The minimum Gasteiger partial charge on any atom is -0.352 e. The van der Waals surface area contributed by atoms with Gasteiger partial charge in [0.2, 0.25) is 11.8 Å².